The zero-order valence-electron chi connectivity index (χ0n) is 13.8. The molecule has 2 heterocycles. The first-order valence-corrected chi connectivity index (χ1v) is 8.15. The molecule has 0 radical (unpaired) electrons. The van der Waals surface area contributed by atoms with Crippen molar-refractivity contribution in [2.75, 3.05) is 20.2 Å². The van der Waals surface area contributed by atoms with Gasteiger partial charge in [0, 0.05) is 31.0 Å². The summed E-state index contributed by atoms with van der Waals surface area (Å²) < 4.78 is 18.1. The van der Waals surface area contributed by atoms with Gasteiger partial charge in [0.25, 0.3) is 0 Å². The minimum atomic E-state index is -0.890. The lowest BCUT2D eigenvalue weighted by molar-refractivity contribution is 0.0209. The van der Waals surface area contributed by atoms with Crippen LogP contribution in [0.4, 0.5) is 4.39 Å². The van der Waals surface area contributed by atoms with Gasteiger partial charge >= 0.3 is 6.01 Å². The number of hydrogen-bond acceptors (Lipinski definition) is 5. The Morgan fingerprint density at radius 2 is 1.88 bits per heavy atom. The number of benzene rings is 1. The van der Waals surface area contributed by atoms with Gasteiger partial charge in [-0.3, -0.25) is 4.90 Å². The van der Waals surface area contributed by atoms with Crippen molar-refractivity contribution in [3.63, 3.8) is 0 Å². The lowest BCUT2D eigenvalue weighted by atomic mass is 9.87. The van der Waals surface area contributed by atoms with Crippen LogP contribution in [0.5, 0.6) is 6.01 Å². The fourth-order valence-corrected chi connectivity index (χ4v) is 3.17. The number of halogens is 1. The molecule has 1 atom stereocenters. The quantitative estimate of drug-likeness (QED) is 0.933. The third kappa shape index (κ3) is 3.88. The van der Waals surface area contributed by atoms with Crippen LogP contribution in [-0.2, 0) is 12.1 Å². The van der Waals surface area contributed by atoms with Crippen LogP contribution in [-0.4, -0.2) is 40.2 Å². The first-order valence-electron chi connectivity index (χ1n) is 8.15. The molecule has 1 aliphatic heterocycles. The molecule has 0 aliphatic carbocycles. The molecule has 1 aromatic carbocycles. The van der Waals surface area contributed by atoms with Crippen LogP contribution in [0.2, 0.25) is 0 Å². The number of methoxy groups -OCH3 is 1. The van der Waals surface area contributed by atoms with Crippen LogP contribution in [0, 0.1) is 5.82 Å². The van der Waals surface area contributed by atoms with Crippen LogP contribution in [0.1, 0.15) is 30.4 Å². The molecule has 1 saturated heterocycles. The Morgan fingerprint density at radius 1 is 1.17 bits per heavy atom. The Kier molecular flexibility index (Phi) is 5.06. The molecule has 0 bridgehead atoms. The number of ether oxygens (including phenoxy) is 1. The highest BCUT2D eigenvalue weighted by molar-refractivity contribution is 5.23. The summed E-state index contributed by atoms with van der Waals surface area (Å²) >= 11 is 0. The van der Waals surface area contributed by atoms with Crippen LogP contribution >= 0.6 is 0 Å². The minimum absolute atomic E-state index is 0.280. The van der Waals surface area contributed by atoms with E-state index in [1.54, 1.807) is 31.6 Å². The zero-order valence-corrected chi connectivity index (χ0v) is 13.8. The van der Waals surface area contributed by atoms with E-state index in [0.717, 1.165) is 37.2 Å². The summed E-state index contributed by atoms with van der Waals surface area (Å²) in [6.45, 7) is 2.40. The maximum atomic E-state index is 13.1. The third-order valence-electron chi connectivity index (χ3n) is 4.56. The largest absolute Gasteiger partial charge is 0.467 e. The number of aromatic nitrogens is 2. The smallest absolute Gasteiger partial charge is 0.316 e. The van der Waals surface area contributed by atoms with E-state index in [2.05, 4.69) is 14.9 Å². The van der Waals surface area contributed by atoms with Gasteiger partial charge < -0.3 is 9.84 Å². The number of likely N-dealkylation sites (tertiary alicyclic amines) is 1. The van der Waals surface area contributed by atoms with Crippen molar-refractivity contribution < 1.29 is 14.2 Å². The second kappa shape index (κ2) is 7.23. The molecule has 128 valence electrons. The van der Waals surface area contributed by atoms with Gasteiger partial charge in [-0.25, -0.2) is 14.4 Å². The maximum absolute atomic E-state index is 13.1. The van der Waals surface area contributed by atoms with E-state index in [9.17, 15) is 9.50 Å². The Labute approximate surface area is 141 Å². The van der Waals surface area contributed by atoms with Gasteiger partial charge in [0.05, 0.1) is 12.7 Å². The summed E-state index contributed by atoms with van der Waals surface area (Å²) in [4.78, 5) is 10.5. The molecule has 24 heavy (non-hydrogen) atoms. The highest BCUT2D eigenvalue weighted by Gasteiger charge is 2.31. The lowest BCUT2D eigenvalue weighted by Crippen LogP contribution is -2.29. The van der Waals surface area contributed by atoms with Crippen LogP contribution < -0.4 is 4.74 Å². The standard InChI is InChI=1S/C18H22FN3O2/c1-24-17-20-11-14(12-21-17)13-22-9-2-7-18(23,8-10-22)15-3-5-16(19)6-4-15/h3-6,11-12,23H,2,7-10,13H2,1H3/t18-/m1/s1. The molecule has 0 amide bonds. The van der Waals surface area contributed by atoms with Gasteiger partial charge in [-0.2, -0.15) is 0 Å². The van der Waals surface area contributed by atoms with E-state index in [1.807, 2.05) is 0 Å². The molecule has 6 heteroatoms. The predicted molar refractivity (Wildman–Crippen MR) is 88.0 cm³/mol. The second-order valence-corrected chi connectivity index (χ2v) is 6.25. The molecule has 0 unspecified atom stereocenters. The summed E-state index contributed by atoms with van der Waals surface area (Å²) in [6.07, 6.45) is 5.71. The number of nitrogens with zero attached hydrogens (tertiary/aromatic N) is 3. The Morgan fingerprint density at radius 3 is 2.54 bits per heavy atom. The average molecular weight is 331 g/mol. The third-order valence-corrected chi connectivity index (χ3v) is 4.56. The van der Waals surface area contributed by atoms with Crippen molar-refractivity contribution in [3.8, 4) is 6.01 Å². The number of aliphatic hydroxyl groups is 1. The molecule has 1 fully saturated rings. The molecule has 3 rings (SSSR count). The highest BCUT2D eigenvalue weighted by Crippen LogP contribution is 2.33. The van der Waals surface area contributed by atoms with Crippen LogP contribution in [0.3, 0.4) is 0 Å². The van der Waals surface area contributed by atoms with Crippen LogP contribution in [0.25, 0.3) is 0 Å². The van der Waals surface area contributed by atoms with Gasteiger partial charge in [-0.15, -0.1) is 0 Å². The normalized spacial score (nSPS) is 22.1. The summed E-state index contributed by atoms with van der Waals surface area (Å²) in [5.41, 5.74) is 0.917. The van der Waals surface area contributed by atoms with E-state index in [-0.39, 0.29) is 5.82 Å². The van der Waals surface area contributed by atoms with Gasteiger partial charge in [-0.05, 0) is 43.5 Å². The molecule has 1 aromatic heterocycles. The van der Waals surface area contributed by atoms with Crippen molar-refractivity contribution in [1.82, 2.24) is 14.9 Å². The van der Waals surface area contributed by atoms with Gasteiger partial charge in [0.2, 0.25) is 0 Å². The second-order valence-electron chi connectivity index (χ2n) is 6.25. The van der Waals surface area contributed by atoms with E-state index >= 15 is 0 Å². The molecular weight excluding hydrogens is 309 g/mol. The SMILES string of the molecule is COc1ncc(CN2CCC[C@](O)(c3ccc(F)cc3)CC2)cn1. The monoisotopic (exact) mass is 331 g/mol. The van der Waals surface area contributed by atoms with E-state index < -0.39 is 5.60 Å². The van der Waals surface area contributed by atoms with Crippen LogP contribution in [0.15, 0.2) is 36.7 Å². The molecule has 1 N–H and O–H groups in total. The van der Waals surface area contributed by atoms with Crippen molar-refractivity contribution in [2.24, 2.45) is 0 Å². The molecular formula is C18H22FN3O2. The highest BCUT2D eigenvalue weighted by atomic mass is 19.1. The van der Waals surface area contributed by atoms with Gasteiger partial charge in [0.15, 0.2) is 0 Å². The summed E-state index contributed by atoms with van der Waals surface area (Å²) in [6, 6.07) is 6.54. The van der Waals surface area contributed by atoms with Crippen molar-refractivity contribution in [3.05, 3.63) is 53.6 Å². The molecule has 5 nitrogen and oxygen atoms in total. The Hall–Kier alpha value is -2.05. The fraction of sp³-hybridized carbons (Fsp3) is 0.444. The molecule has 2 aromatic rings. The molecule has 0 saturated carbocycles. The zero-order chi connectivity index (χ0) is 17.0. The summed E-state index contributed by atoms with van der Waals surface area (Å²) in [7, 11) is 1.54. The number of rotatable bonds is 4. The topological polar surface area (TPSA) is 58.5 Å². The Bertz CT molecular complexity index is 663. The minimum Gasteiger partial charge on any atom is -0.467 e. The first kappa shape index (κ1) is 16.8. The predicted octanol–water partition coefficient (Wildman–Crippen LogP) is 2.50. The Balaban J connectivity index is 1.64. The van der Waals surface area contributed by atoms with E-state index in [4.69, 9.17) is 4.74 Å². The summed E-state index contributed by atoms with van der Waals surface area (Å²) in [5, 5.41) is 11.0. The lowest BCUT2D eigenvalue weighted by Gasteiger charge is -2.27. The van der Waals surface area contributed by atoms with Gasteiger partial charge in [-0.1, -0.05) is 12.1 Å². The van der Waals surface area contributed by atoms with E-state index in [1.165, 1.54) is 12.1 Å². The van der Waals surface area contributed by atoms with Gasteiger partial charge in [0.1, 0.15) is 5.82 Å². The average Bonchev–Trinajstić information content (AvgIpc) is 2.79. The maximum Gasteiger partial charge on any atom is 0.316 e. The van der Waals surface area contributed by atoms with Crippen molar-refractivity contribution in [2.45, 2.75) is 31.4 Å². The fourth-order valence-electron chi connectivity index (χ4n) is 3.17. The van der Waals surface area contributed by atoms with Crippen molar-refractivity contribution in [1.29, 1.82) is 0 Å². The number of hydrogen-bond donors (Lipinski definition) is 1. The van der Waals surface area contributed by atoms with Crippen molar-refractivity contribution >= 4 is 0 Å². The first-order chi connectivity index (χ1) is 11.6. The molecule has 1 aliphatic rings. The molecule has 0 spiro atoms. The van der Waals surface area contributed by atoms with E-state index in [0.29, 0.717) is 18.9 Å². The summed E-state index contributed by atoms with van der Waals surface area (Å²) in [5.74, 6) is -0.280.